The van der Waals surface area contributed by atoms with Crippen LogP contribution in [0, 0.1) is 17.8 Å². The molecule has 0 aliphatic heterocycles. The van der Waals surface area contributed by atoms with E-state index in [-0.39, 0.29) is 5.92 Å². The molecule has 0 aromatic heterocycles. The van der Waals surface area contributed by atoms with Gasteiger partial charge in [-0.3, -0.25) is 0 Å². The van der Waals surface area contributed by atoms with E-state index in [1.54, 1.807) is 0 Å². The molecule has 0 N–H and O–H groups in total. The Labute approximate surface area is 147 Å². The number of carbonyl (C=O) groups excluding carboxylic acids is 1. The number of benzene rings is 1. The average molecular weight is 328 g/mol. The van der Waals surface area contributed by atoms with E-state index in [9.17, 15) is 4.79 Å². The van der Waals surface area contributed by atoms with Crippen molar-refractivity contribution in [3.63, 3.8) is 0 Å². The van der Waals surface area contributed by atoms with Crippen LogP contribution in [0.4, 0.5) is 0 Å². The van der Waals surface area contributed by atoms with Gasteiger partial charge in [0.2, 0.25) is 0 Å². The second kappa shape index (κ2) is 12.7. The largest absolute Gasteiger partial charge is 0.377 e. The second-order valence-corrected chi connectivity index (χ2v) is 6.62. The topological polar surface area (TPSA) is 26.3 Å². The Bertz CT molecular complexity index is 466. The van der Waals surface area contributed by atoms with Crippen molar-refractivity contribution in [1.29, 1.82) is 0 Å². The van der Waals surface area contributed by atoms with Crippen molar-refractivity contribution in [2.45, 2.75) is 45.6 Å². The SMILES string of the molecule is C=CCC(C=O)C(CC=C)CCC(C)CCOCc1ccccc1. The lowest BCUT2D eigenvalue weighted by atomic mass is 9.82. The number of carbonyl (C=O) groups is 1. The number of allylic oxidation sites excluding steroid dienone is 2. The first-order valence-corrected chi connectivity index (χ1v) is 9.00. The Morgan fingerprint density at radius 1 is 1.04 bits per heavy atom. The van der Waals surface area contributed by atoms with Crippen LogP contribution < -0.4 is 0 Å². The molecule has 3 unspecified atom stereocenters. The molecule has 0 aliphatic rings. The van der Waals surface area contributed by atoms with Crippen LogP contribution >= 0.6 is 0 Å². The van der Waals surface area contributed by atoms with Crippen molar-refractivity contribution in [2.24, 2.45) is 17.8 Å². The van der Waals surface area contributed by atoms with Gasteiger partial charge in [0.05, 0.1) is 6.61 Å². The lowest BCUT2D eigenvalue weighted by Crippen LogP contribution is -2.16. The van der Waals surface area contributed by atoms with Gasteiger partial charge in [0.15, 0.2) is 0 Å². The Kier molecular flexibility index (Phi) is 10.8. The summed E-state index contributed by atoms with van der Waals surface area (Å²) < 4.78 is 5.77. The van der Waals surface area contributed by atoms with E-state index in [1.165, 1.54) is 5.56 Å². The van der Waals surface area contributed by atoms with Crippen molar-refractivity contribution >= 4 is 6.29 Å². The van der Waals surface area contributed by atoms with E-state index in [1.807, 2.05) is 30.4 Å². The molecule has 1 aromatic rings. The molecule has 1 rings (SSSR count). The van der Waals surface area contributed by atoms with Gasteiger partial charge < -0.3 is 9.53 Å². The van der Waals surface area contributed by atoms with Crippen LogP contribution in [0.1, 0.15) is 44.6 Å². The van der Waals surface area contributed by atoms with Crippen molar-refractivity contribution in [1.82, 2.24) is 0 Å². The van der Waals surface area contributed by atoms with Crippen molar-refractivity contribution in [3.8, 4) is 0 Å². The summed E-state index contributed by atoms with van der Waals surface area (Å²) >= 11 is 0. The molecule has 0 radical (unpaired) electrons. The Hall–Kier alpha value is -1.67. The van der Waals surface area contributed by atoms with E-state index in [0.29, 0.717) is 18.4 Å². The maximum absolute atomic E-state index is 11.3. The molecule has 0 fully saturated rings. The normalized spacial score (nSPS) is 14.5. The highest BCUT2D eigenvalue weighted by atomic mass is 16.5. The second-order valence-electron chi connectivity index (χ2n) is 6.62. The molecular weight excluding hydrogens is 296 g/mol. The molecule has 24 heavy (non-hydrogen) atoms. The maximum Gasteiger partial charge on any atom is 0.123 e. The minimum atomic E-state index is 0.0713. The van der Waals surface area contributed by atoms with Crippen LogP contribution in [-0.2, 0) is 16.1 Å². The highest BCUT2D eigenvalue weighted by molar-refractivity contribution is 5.54. The van der Waals surface area contributed by atoms with E-state index in [0.717, 1.165) is 45.0 Å². The summed E-state index contributed by atoms with van der Waals surface area (Å²) in [6.07, 6.45) is 9.75. The molecule has 1 aromatic carbocycles. The fourth-order valence-corrected chi connectivity index (χ4v) is 2.96. The smallest absolute Gasteiger partial charge is 0.123 e. The van der Waals surface area contributed by atoms with Gasteiger partial charge in [-0.15, -0.1) is 13.2 Å². The summed E-state index contributed by atoms with van der Waals surface area (Å²) in [7, 11) is 0. The Morgan fingerprint density at radius 2 is 1.75 bits per heavy atom. The first-order valence-electron chi connectivity index (χ1n) is 9.00. The lowest BCUT2D eigenvalue weighted by Gasteiger charge is -2.22. The highest BCUT2D eigenvalue weighted by Gasteiger charge is 2.19. The first-order chi connectivity index (χ1) is 11.7. The van der Waals surface area contributed by atoms with Crippen LogP contribution in [-0.4, -0.2) is 12.9 Å². The standard InChI is InChI=1S/C22H32O2/c1-4-9-21(22(17-23)10-5-2)14-13-19(3)15-16-24-18-20-11-7-6-8-12-20/h4-8,11-12,17,19,21-22H,1-2,9-10,13-16,18H2,3H3. The van der Waals surface area contributed by atoms with Gasteiger partial charge >= 0.3 is 0 Å². The molecule has 0 bridgehead atoms. The van der Waals surface area contributed by atoms with Crippen LogP contribution in [0.2, 0.25) is 0 Å². The molecule has 0 aliphatic carbocycles. The lowest BCUT2D eigenvalue weighted by molar-refractivity contribution is -0.112. The van der Waals surface area contributed by atoms with Gasteiger partial charge in [-0.05, 0) is 43.1 Å². The fraction of sp³-hybridized carbons (Fsp3) is 0.500. The van der Waals surface area contributed by atoms with E-state index in [2.05, 4.69) is 32.2 Å². The molecule has 132 valence electrons. The number of aldehydes is 1. The summed E-state index contributed by atoms with van der Waals surface area (Å²) in [4.78, 5) is 11.3. The summed E-state index contributed by atoms with van der Waals surface area (Å²) in [6.45, 7) is 11.3. The minimum absolute atomic E-state index is 0.0713. The third-order valence-corrected chi connectivity index (χ3v) is 4.59. The van der Waals surface area contributed by atoms with E-state index < -0.39 is 0 Å². The third-order valence-electron chi connectivity index (χ3n) is 4.59. The van der Waals surface area contributed by atoms with Crippen LogP contribution in [0.15, 0.2) is 55.6 Å². The van der Waals surface area contributed by atoms with E-state index >= 15 is 0 Å². The van der Waals surface area contributed by atoms with Gasteiger partial charge in [0, 0.05) is 12.5 Å². The molecule has 0 spiro atoms. The molecule has 0 amide bonds. The number of hydrogen-bond donors (Lipinski definition) is 0. The van der Waals surface area contributed by atoms with Gasteiger partial charge in [-0.1, -0.05) is 55.8 Å². The molecule has 3 atom stereocenters. The van der Waals surface area contributed by atoms with Gasteiger partial charge in [0.25, 0.3) is 0 Å². The monoisotopic (exact) mass is 328 g/mol. The third kappa shape index (κ3) is 8.26. The number of rotatable bonds is 14. The van der Waals surface area contributed by atoms with Crippen molar-refractivity contribution < 1.29 is 9.53 Å². The van der Waals surface area contributed by atoms with Crippen LogP contribution in [0.5, 0.6) is 0 Å². The molecule has 0 saturated heterocycles. The predicted molar refractivity (Wildman–Crippen MR) is 102 cm³/mol. The predicted octanol–water partition coefficient (Wildman–Crippen LogP) is 5.59. The summed E-state index contributed by atoms with van der Waals surface area (Å²) in [5.41, 5.74) is 1.22. The molecule has 2 nitrogen and oxygen atoms in total. The molecular formula is C22H32O2. The van der Waals surface area contributed by atoms with E-state index in [4.69, 9.17) is 4.74 Å². The van der Waals surface area contributed by atoms with Gasteiger partial charge in [-0.25, -0.2) is 0 Å². The van der Waals surface area contributed by atoms with Gasteiger partial charge in [-0.2, -0.15) is 0 Å². The zero-order valence-electron chi connectivity index (χ0n) is 15.0. The van der Waals surface area contributed by atoms with Crippen LogP contribution in [0.3, 0.4) is 0 Å². The summed E-state index contributed by atoms with van der Waals surface area (Å²) in [6, 6.07) is 10.3. The highest BCUT2D eigenvalue weighted by Crippen LogP contribution is 2.26. The maximum atomic E-state index is 11.3. The van der Waals surface area contributed by atoms with Crippen LogP contribution in [0.25, 0.3) is 0 Å². The number of ether oxygens (including phenoxy) is 1. The number of hydrogen-bond acceptors (Lipinski definition) is 2. The summed E-state index contributed by atoms with van der Waals surface area (Å²) in [5, 5.41) is 0. The fourth-order valence-electron chi connectivity index (χ4n) is 2.96. The van der Waals surface area contributed by atoms with Crippen molar-refractivity contribution in [3.05, 3.63) is 61.2 Å². The first kappa shape index (κ1) is 20.4. The molecule has 0 saturated carbocycles. The van der Waals surface area contributed by atoms with Crippen molar-refractivity contribution in [2.75, 3.05) is 6.61 Å². The van der Waals surface area contributed by atoms with Gasteiger partial charge in [0.1, 0.15) is 6.29 Å². The average Bonchev–Trinajstić information content (AvgIpc) is 2.61. The molecule has 2 heteroatoms. The molecule has 0 heterocycles. The zero-order chi connectivity index (χ0) is 17.6. The quantitative estimate of drug-likeness (QED) is 0.253. The summed E-state index contributed by atoms with van der Waals surface area (Å²) in [5.74, 6) is 1.05. The minimum Gasteiger partial charge on any atom is -0.377 e. The zero-order valence-corrected chi connectivity index (χ0v) is 15.0. The Morgan fingerprint density at radius 3 is 2.38 bits per heavy atom. The Balaban J connectivity index is 2.26.